The Morgan fingerprint density at radius 1 is 1.10 bits per heavy atom. The van der Waals surface area contributed by atoms with Crippen LogP contribution < -0.4 is 5.32 Å². The van der Waals surface area contributed by atoms with Gasteiger partial charge in [0.2, 0.25) is 0 Å². The van der Waals surface area contributed by atoms with Gasteiger partial charge in [-0.15, -0.1) is 0 Å². The van der Waals surface area contributed by atoms with Gasteiger partial charge in [-0.1, -0.05) is 25.1 Å². The minimum atomic E-state index is 0.704. The van der Waals surface area contributed by atoms with Crippen LogP contribution in [-0.4, -0.2) is 21.1 Å². The molecule has 1 N–H and O–H groups in total. The molecule has 21 heavy (non-hydrogen) atoms. The number of fused-ring (bicyclic) bond motifs is 1. The molecule has 4 heteroatoms. The molecule has 0 aliphatic heterocycles. The summed E-state index contributed by atoms with van der Waals surface area (Å²) >= 11 is 0. The van der Waals surface area contributed by atoms with Crippen LogP contribution in [0.3, 0.4) is 0 Å². The van der Waals surface area contributed by atoms with Gasteiger partial charge in [0.1, 0.15) is 5.82 Å². The fourth-order valence-electron chi connectivity index (χ4n) is 2.58. The summed E-state index contributed by atoms with van der Waals surface area (Å²) in [5, 5.41) is 4.75. The van der Waals surface area contributed by atoms with Crippen LogP contribution in [0.1, 0.15) is 24.7 Å². The molecule has 3 aromatic rings. The highest BCUT2D eigenvalue weighted by Gasteiger charge is 2.07. The number of nitrogens with zero attached hydrogens (tertiary/aromatic N) is 3. The lowest BCUT2D eigenvalue weighted by Gasteiger charge is -2.10. The topological polar surface area (TPSA) is 42.7 Å². The molecule has 0 aliphatic rings. The van der Waals surface area contributed by atoms with Crippen LogP contribution in [0.15, 0.2) is 48.9 Å². The number of aromatic nitrogens is 3. The molecule has 0 atom stereocenters. The molecule has 108 valence electrons. The number of hydrogen-bond donors (Lipinski definition) is 1. The summed E-state index contributed by atoms with van der Waals surface area (Å²) in [4.78, 5) is 8.64. The maximum absolute atomic E-state index is 4.32. The molecule has 0 saturated carbocycles. The Hall–Kier alpha value is -2.20. The third kappa shape index (κ3) is 3.11. The van der Waals surface area contributed by atoms with Crippen molar-refractivity contribution in [1.82, 2.24) is 19.9 Å². The van der Waals surface area contributed by atoms with E-state index in [0.29, 0.717) is 6.54 Å². The number of nitrogens with one attached hydrogen (secondary N) is 1. The molecule has 0 radical (unpaired) electrons. The Balaban J connectivity index is 1.91. The molecule has 0 fully saturated rings. The minimum Gasteiger partial charge on any atom is -0.340 e. The largest absolute Gasteiger partial charge is 0.340 e. The second kappa shape index (κ2) is 6.50. The molecule has 0 saturated heterocycles. The Bertz CT molecular complexity index is 703. The first-order valence-corrected chi connectivity index (χ1v) is 7.42. The molecule has 0 bridgehead atoms. The zero-order valence-corrected chi connectivity index (χ0v) is 12.3. The average Bonchev–Trinajstić information content (AvgIpc) is 2.93. The summed E-state index contributed by atoms with van der Waals surface area (Å²) in [6.07, 6.45) is 6.84. The standard InChI is InChI=1S/C17H20N4/c1-2-8-18-12-15-6-3-5-14-7-11-21(17(14)15)13-16-19-9-4-10-20-16/h3-7,9-11,18H,2,8,12-13H2,1H3. The highest BCUT2D eigenvalue weighted by molar-refractivity contribution is 5.83. The lowest BCUT2D eigenvalue weighted by atomic mass is 10.1. The average molecular weight is 280 g/mol. The number of para-hydroxylation sites is 1. The third-order valence-corrected chi connectivity index (χ3v) is 3.55. The Morgan fingerprint density at radius 2 is 1.95 bits per heavy atom. The Kier molecular flexibility index (Phi) is 4.26. The van der Waals surface area contributed by atoms with Crippen LogP contribution in [0, 0.1) is 0 Å². The Morgan fingerprint density at radius 3 is 2.76 bits per heavy atom. The van der Waals surface area contributed by atoms with Crippen molar-refractivity contribution in [3.8, 4) is 0 Å². The number of rotatable bonds is 6. The fraction of sp³-hybridized carbons (Fsp3) is 0.294. The predicted molar refractivity (Wildman–Crippen MR) is 85.1 cm³/mol. The van der Waals surface area contributed by atoms with Crippen LogP contribution in [-0.2, 0) is 13.1 Å². The molecule has 2 aromatic heterocycles. The molecule has 4 nitrogen and oxygen atoms in total. The molecule has 1 aromatic carbocycles. The lowest BCUT2D eigenvalue weighted by Crippen LogP contribution is -2.15. The smallest absolute Gasteiger partial charge is 0.147 e. The van der Waals surface area contributed by atoms with Gasteiger partial charge in [0.05, 0.1) is 12.1 Å². The second-order valence-electron chi connectivity index (χ2n) is 5.14. The predicted octanol–water partition coefficient (Wildman–Crippen LogP) is 2.98. The van der Waals surface area contributed by atoms with Crippen LogP contribution >= 0.6 is 0 Å². The van der Waals surface area contributed by atoms with E-state index in [2.05, 4.69) is 57.2 Å². The Labute approximate surface area is 124 Å². The molecule has 0 spiro atoms. The maximum atomic E-state index is 4.32. The van der Waals surface area contributed by atoms with Gasteiger partial charge in [-0.2, -0.15) is 0 Å². The van der Waals surface area contributed by atoms with E-state index in [-0.39, 0.29) is 0 Å². The van der Waals surface area contributed by atoms with Gasteiger partial charge in [-0.25, -0.2) is 9.97 Å². The van der Waals surface area contributed by atoms with Crippen molar-refractivity contribution in [2.45, 2.75) is 26.4 Å². The number of hydrogen-bond acceptors (Lipinski definition) is 3. The van der Waals surface area contributed by atoms with Crippen molar-refractivity contribution in [3.63, 3.8) is 0 Å². The van der Waals surface area contributed by atoms with Crippen molar-refractivity contribution in [2.75, 3.05) is 6.54 Å². The first-order valence-electron chi connectivity index (χ1n) is 7.42. The first kappa shape index (κ1) is 13.8. The van der Waals surface area contributed by atoms with E-state index >= 15 is 0 Å². The minimum absolute atomic E-state index is 0.704. The highest BCUT2D eigenvalue weighted by atomic mass is 15.0. The van der Waals surface area contributed by atoms with Crippen LogP contribution in [0.5, 0.6) is 0 Å². The zero-order valence-electron chi connectivity index (χ0n) is 12.3. The molecule has 0 aliphatic carbocycles. The van der Waals surface area contributed by atoms with Crippen LogP contribution in [0.25, 0.3) is 10.9 Å². The highest BCUT2D eigenvalue weighted by Crippen LogP contribution is 2.21. The summed E-state index contributed by atoms with van der Waals surface area (Å²) in [5.41, 5.74) is 2.59. The van der Waals surface area contributed by atoms with Crippen molar-refractivity contribution in [3.05, 3.63) is 60.3 Å². The van der Waals surface area contributed by atoms with E-state index in [4.69, 9.17) is 0 Å². The second-order valence-corrected chi connectivity index (χ2v) is 5.14. The lowest BCUT2D eigenvalue weighted by molar-refractivity contribution is 0.674. The van der Waals surface area contributed by atoms with Crippen molar-refractivity contribution >= 4 is 10.9 Å². The number of benzene rings is 1. The summed E-state index contributed by atoms with van der Waals surface area (Å²) in [6, 6.07) is 10.5. The molecular formula is C17H20N4. The van der Waals surface area contributed by atoms with E-state index in [1.807, 2.05) is 6.07 Å². The van der Waals surface area contributed by atoms with E-state index in [0.717, 1.165) is 25.3 Å². The molecule has 2 heterocycles. The molecule has 0 unspecified atom stereocenters. The van der Waals surface area contributed by atoms with E-state index in [1.165, 1.54) is 16.5 Å². The van der Waals surface area contributed by atoms with E-state index in [9.17, 15) is 0 Å². The van der Waals surface area contributed by atoms with Gasteiger partial charge in [-0.05, 0) is 36.0 Å². The summed E-state index contributed by atoms with van der Waals surface area (Å²) in [5.74, 6) is 0.839. The fourth-order valence-corrected chi connectivity index (χ4v) is 2.58. The molecule has 0 amide bonds. The van der Waals surface area contributed by atoms with Gasteiger partial charge in [0.25, 0.3) is 0 Å². The van der Waals surface area contributed by atoms with Gasteiger partial charge in [0.15, 0.2) is 0 Å². The van der Waals surface area contributed by atoms with Gasteiger partial charge >= 0.3 is 0 Å². The van der Waals surface area contributed by atoms with Gasteiger partial charge in [-0.3, -0.25) is 0 Å². The quantitative estimate of drug-likeness (QED) is 0.706. The molecular weight excluding hydrogens is 260 g/mol. The van der Waals surface area contributed by atoms with Crippen molar-refractivity contribution < 1.29 is 0 Å². The summed E-state index contributed by atoms with van der Waals surface area (Å²) in [7, 11) is 0. The summed E-state index contributed by atoms with van der Waals surface area (Å²) < 4.78 is 2.23. The van der Waals surface area contributed by atoms with E-state index in [1.54, 1.807) is 12.4 Å². The van der Waals surface area contributed by atoms with Gasteiger partial charge < -0.3 is 9.88 Å². The third-order valence-electron chi connectivity index (χ3n) is 3.55. The van der Waals surface area contributed by atoms with Crippen LogP contribution in [0.4, 0.5) is 0 Å². The summed E-state index contributed by atoms with van der Waals surface area (Å²) in [6.45, 7) is 4.82. The van der Waals surface area contributed by atoms with Crippen LogP contribution in [0.2, 0.25) is 0 Å². The van der Waals surface area contributed by atoms with Gasteiger partial charge in [0, 0.05) is 25.1 Å². The normalized spacial score (nSPS) is 11.1. The first-order chi connectivity index (χ1) is 10.4. The monoisotopic (exact) mass is 280 g/mol. The maximum Gasteiger partial charge on any atom is 0.147 e. The zero-order chi connectivity index (χ0) is 14.5. The molecule has 3 rings (SSSR count). The van der Waals surface area contributed by atoms with Crippen molar-refractivity contribution in [2.24, 2.45) is 0 Å². The SMILES string of the molecule is CCCNCc1cccc2ccn(Cc3ncccn3)c12. The van der Waals surface area contributed by atoms with E-state index < -0.39 is 0 Å². The van der Waals surface area contributed by atoms with Crippen molar-refractivity contribution in [1.29, 1.82) is 0 Å².